The Hall–Kier alpha value is -1.14. The topological polar surface area (TPSA) is 72.1 Å². The summed E-state index contributed by atoms with van der Waals surface area (Å²) in [7, 11) is 1.79. The number of imidazole rings is 1. The Morgan fingerprint density at radius 1 is 1.73 bits per heavy atom. The maximum Gasteiger partial charge on any atom is 0.321 e. The lowest BCUT2D eigenvalue weighted by Gasteiger charge is -2.22. The Labute approximate surface area is 93.1 Å². The highest BCUT2D eigenvalue weighted by atomic mass is 32.1. The number of aliphatic carboxylic acids is 1. The molecule has 6 heteroatoms. The molecule has 5 nitrogen and oxygen atoms in total. The molecule has 1 heterocycles. The highest BCUT2D eigenvalue weighted by Crippen LogP contribution is 2.05. The van der Waals surface area contributed by atoms with Crippen molar-refractivity contribution in [3.63, 3.8) is 0 Å². The third kappa shape index (κ3) is 3.17. The molecular weight excluding hydrogens is 214 g/mol. The average molecular weight is 229 g/mol. The molecule has 84 valence electrons. The summed E-state index contributed by atoms with van der Waals surface area (Å²) < 4.78 is 0.522. The molecule has 0 aromatic carbocycles. The molecule has 0 aliphatic heterocycles. The quantitative estimate of drug-likeness (QED) is 0.659. The Morgan fingerprint density at radius 2 is 2.40 bits per heavy atom. The summed E-state index contributed by atoms with van der Waals surface area (Å²) in [5.74, 6) is -0.820. The number of aromatic amines is 2. The molecule has 0 saturated heterocycles. The first-order valence-electron chi connectivity index (χ1n) is 4.74. The van der Waals surface area contributed by atoms with Crippen molar-refractivity contribution in [2.24, 2.45) is 0 Å². The third-order valence-corrected chi connectivity index (χ3v) is 2.60. The lowest BCUT2D eigenvalue weighted by Crippen LogP contribution is -2.40. The van der Waals surface area contributed by atoms with Gasteiger partial charge in [0.1, 0.15) is 6.04 Å². The molecule has 0 saturated carbocycles. The highest BCUT2D eigenvalue weighted by molar-refractivity contribution is 7.71. The van der Waals surface area contributed by atoms with Crippen molar-refractivity contribution in [2.75, 3.05) is 13.6 Å². The van der Waals surface area contributed by atoms with E-state index in [9.17, 15) is 4.79 Å². The predicted octanol–water partition coefficient (Wildman–Crippen LogP) is 1.02. The van der Waals surface area contributed by atoms with Gasteiger partial charge in [-0.05, 0) is 25.8 Å². The largest absolute Gasteiger partial charge is 0.480 e. The van der Waals surface area contributed by atoms with E-state index in [-0.39, 0.29) is 0 Å². The number of rotatable bonds is 5. The summed E-state index contributed by atoms with van der Waals surface area (Å²) >= 11 is 4.87. The summed E-state index contributed by atoms with van der Waals surface area (Å²) in [6.07, 6.45) is 2.13. The standard InChI is InChI=1S/C9H15N3O2S/c1-3-12(2)7(8(13)14)4-6-5-10-9(15)11-6/h5,7H,3-4H2,1-2H3,(H,13,14)(H2,10,11,15)/t7-/m0/s1. The van der Waals surface area contributed by atoms with Crippen LogP contribution in [0.2, 0.25) is 0 Å². The minimum absolute atomic E-state index is 0.423. The van der Waals surface area contributed by atoms with Crippen LogP contribution in [-0.4, -0.2) is 45.6 Å². The maximum atomic E-state index is 11.0. The van der Waals surface area contributed by atoms with Crippen LogP contribution in [0.25, 0.3) is 0 Å². The third-order valence-electron chi connectivity index (χ3n) is 2.38. The van der Waals surface area contributed by atoms with Gasteiger partial charge in [0.05, 0.1) is 0 Å². The van der Waals surface area contributed by atoms with E-state index in [4.69, 9.17) is 17.3 Å². The van der Waals surface area contributed by atoms with Gasteiger partial charge < -0.3 is 15.1 Å². The van der Waals surface area contributed by atoms with Crippen LogP contribution in [0.5, 0.6) is 0 Å². The summed E-state index contributed by atoms with van der Waals surface area (Å²) in [6, 6.07) is -0.517. The van der Waals surface area contributed by atoms with Gasteiger partial charge in [-0.15, -0.1) is 0 Å². The van der Waals surface area contributed by atoms with Gasteiger partial charge in [-0.3, -0.25) is 9.69 Å². The van der Waals surface area contributed by atoms with E-state index in [1.165, 1.54) is 0 Å². The number of carboxylic acids is 1. The first-order valence-corrected chi connectivity index (χ1v) is 5.15. The van der Waals surface area contributed by atoms with Crippen LogP contribution in [-0.2, 0) is 11.2 Å². The van der Waals surface area contributed by atoms with Crippen LogP contribution < -0.4 is 0 Å². The summed E-state index contributed by atoms with van der Waals surface area (Å²) in [5, 5.41) is 9.05. The van der Waals surface area contributed by atoms with Gasteiger partial charge in [-0.2, -0.15) is 0 Å². The normalized spacial score (nSPS) is 13.0. The molecule has 1 rings (SSSR count). The van der Waals surface area contributed by atoms with Gasteiger partial charge >= 0.3 is 5.97 Å². The van der Waals surface area contributed by atoms with Crippen molar-refractivity contribution in [3.05, 3.63) is 16.7 Å². The number of carboxylic acid groups (broad SMARTS) is 1. The second kappa shape index (κ2) is 5.09. The number of likely N-dealkylation sites (N-methyl/N-ethyl adjacent to an activating group) is 1. The fraction of sp³-hybridized carbons (Fsp3) is 0.556. The molecule has 0 unspecified atom stereocenters. The van der Waals surface area contributed by atoms with Crippen molar-refractivity contribution >= 4 is 18.2 Å². The van der Waals surface area contributed by atoms with Gasteiger partial charge in [-0.25, -0.2) is 0 Å². The van der Waals surface area contributed by atoms with Crippen molar-refractivity contribution in [1.82, 2.24) is 14.9 Å². The zero-order valence-electron chi connectivity index (χ0n) is 8.78. The minimum atomic E-state index is -0.820. The van der Waals surface area contributed by atoms with Gasteiger partial charge in [0.2, 0.25) is 0 Å². The van der Waals surface area contributed by atoms with Crippen molar-refractivity contribution in [2.45, 2.75) is 19.4 Å². The van der Waals surface area contributed by atoms with Crippen molar-refractivity contribution < 1.29 is 9.90 Å². The number of nitrogens with one attached hydrogen (secondary N) is 2. The number of hydrogen-bond acceptors (Lipinski definition) is 3. The Bertz CT molecular complexity index is 385. The van der Waals surface area contributed by atoms with Crippen LogP contribution in [0.15, 0.2) is 6.20 Å². The first kappa shape index (κ1) is 11.9. The van der Waals surface area contributed by atoms with E-state index in [1.54, 1.807) is 18.1 Å². The zero-order chi connectivity index (χ0) is 11.4. The number of aromatic nitrogens is 2. The molecule has 0 radical (unpaired) electrons. The molecule has 1 atom stereocenters. The minimum Gasteiger partial charge on any atom is -0.480 e. The van der Waals surface area contributed by atoms with Crippen LogP contribution in [0.4, 0.5) is 0 Å². The smallest absolute Gasteiger partial charge is 0.321 e. The van der Waals surface area contributed by atoms with E-state index < -0.39 is 12.0 Å². The Balaban J connectivity index is 2.75. The van der Waals surface area contributed by atoms with E-state index >= 15 is 0 Å². The molecule has 0 fully saturated rings. The molecule has 3 N–H and O–H groups in total. The highest BCUT2D eigenvalue weighted by Gasteiger charge is 2.22. The lowest BCUT2D eigenvalue weighted by molar-refractivity contribution is -0.142. The SMILES string of the molecule is CCN(C)[C@@H](Cc1c[nH]c(=S)[nH]1)C(=O)O. The van der Waals surface area contributed by atoms with Gasteiger partial charge in [-0.1, -0.05) is 6.92 Å². The van der Waals surface area contributed by atoms with Crippen LogP contribution in [0, 0.1) is 4.77 Å². The van der Waals surface area contributed by atoms with Gasteiger partial charge in [0.15, 0.2) is 4.77 Å². The monoisotopic (exact) mass is 229 g/mol. The van der Waals surface area contributed by atoms with E-state index in [2.05, 4.69) is 9.97 Å². The molecule has 1 aromatic heterocycles. The van der Waals surface area contributed by atoms with Crippen LogP contribution in [0.1, 0.15) is 12.6 Å². The predicted molar refractivity (Wildman–Crippen MR) is 59.4 cm³/mol. The summed E-state index contributed by atoms with van der Waals surface area (Å²) in [4.78, 5) is 18.5. The van der Waals surface area contributed by atoms with Gasteiger partial charge in [0, 0.05) is 18.3 Å². The molecule has 15 heavy (non-hydrogen) atoms. The molecule has 0 aliphatic carbocycles. The summed E-state index contributed by atoms with van der Waals surface area (Å²) in [5.41, 5.74) is 0.813. The number of carbonyl (C=O) groups is 1. The number of H-pyrrole nitrogens is 2. The second-order valence-corrected chi connectivity index (χ2v) is 3.81. The lowest BCUT2D eigenvalue weighted by atomic mass is 10.1. The van der Waals surface area contributed by atoms with Crippen LogP contribution >= 0.6 is 12.2 Å². The zero-order valence-corrected chi connectivity index (χ0v) is 9.60. The fourth-order valence-corrected chi connectivity index (χ4v) is 1.53. The van der Waals surface area contributed by atoms with E-state index in [0.29, 0.717) is 17.7 Å². The molecule has 1 aromatic rings. The molecule has 0 bridgehead atoms. The summed E-state index contributed by atoms with van der Waals surface area (Å²) in [6.45, 7) is 2.62. The van der Waals surface area contributed by atoms with Crippen molar-refractivity contribution in [3.8, 4) is 0 Å². The molecule has 0 spiro atoms. The van der Waals surface area contributed by atoms with Gasteiger partial charge in [0.25, 0.3) is 0 Å². The Kier molecular flexibility index (Phi) is 4.05. The maximum absolute atomic E-state index is 11.0. The van der Waals surface area contributed by atoms with Crippen LogP contribution in [0.3, 0.4) is 0 Å². The Morgan fingerprint density at radius 3 is 2.80 bits per heavy atom. The average Bonchev–Trinajstić information content (AvgIpc) is 2.59. The fourth-order valence-electron chi connectivity index (χ4n) is 1.34. The molecule has 0 aliphatic rings. The first-order chi connectivity index (χ1) is 7.04. The molecular formula is C9H15N3O2S. The molecule has 0 amide bonds. The number of nitrogens with zero attached hydrogens (tertiary/aromatic N) is 1. The second-order valence-electron chi connectivity index (χ2n) is 3.40. The van der Waals surface area contributed by atoms with Crippen molar-refractivity contribution in [1.29, 1.82) is 0 Å². The van der Waals surface area contributed by atoms with E-state index in [1.807, 2.05) is 6.92 Å². The van der Waals surface area contributed by atoms with E-state index in [0.717, 1.165) is 5.69 Å². The number of hydrogen-bond donors (Lipinski definition) is 3.